The van der Waals surface area contributed by atoms with Crippen LogP contribution in [0.2, 0.25) is 0 Å². The lowest BCUT2D eigenvalue weighted by atomic mass is 10.1. The molecule has 4 N–H and O–H groups in total. The SMILES string of the molecule is N=C(NC(=O)OCc1ccccc1)c1ccc(C(=O)NCCCC(=O)NCCC(=O)OCc2ccccc2)cc1. The van der Waals surface area contributed by atoms with Gasteiger partial charge in [-0.2, -0.15) is 0 Å². The summed E-state index contributed by atoms with van der Waals surface area (Å²) in [6.45, 7) is 0.751. The van der Waals surface area contributed by atoms with Gasteiger partial charge in [0.25, 0.3) is 5.91 Å². The molecular weight excluding hydrogens is 512 g/mol. The first-order valence-electron chi connectivity index (χ1n) is 12.8. The Bertz CT molecular complexity index is 1280. The summed E-state index contributed by atoms with van der Waals surface area (Å²) in [7, 11) is 0. The van der Waals surface area contributed by atoms with Gasteiger partial charge in [0.15, 0.2) is 0 Å². The van der Waals surface area contributed by atoms with Crippen LogP contribution in [0, 0.1) is 5.41 Å². The maximum absolute atomic E-state index is 12.4. The van der Waals surface area contributed by atoms with Crippen LogP contribution in [0.4, 0.5) is 4.79 Å². The number of nitrogens with one attached hydrogen (secondary N) is 4. The van der Waals surface area contributed by atoms with Gasteiger partial charge in [0, 0.05) is 30.6 Å². The highest BCUT2D eigenvalue weighted by atomic mass is 16.5. The normalized spacial score (nSPS) is 10.2. The van der Waals surface area contributed by atoms with Crippen molar-refractivity contribution in [2.75, 3.05) is 13.1 Å². The Morgan fingerprint density at radius 1 is 0.650 bits per heavy atom. The molecule has 3 aromatic rings. The lowest BCUT2D eigenvalue weighted by Crippen LogP contribution is -2.31. The number of rotatable bonds is 13. The summed E-state index contributed by atoms with van der Waals surface area (Å²) >= 11 is 0. The van der Waals surface area contributed by atoms with Crippen LogP contribution < -0.4 is 16.0 Å². The van der Waals surface area contributed by atoms with E-state index in [0.717, 1.165) is 11.1 Å². The lowest BCUT2D eigenvalue weighted by molar-refractivity contribution is -0.144. The summed E-state index contributed by atoms with van der Waals surface area (Å²) in [5.41, 5.74) is 2.51. The van der Waals surface area contributed by atoms with Crippen molar-refractivity contribution in [3.63, 3.8) is 0 Å². The minimum Gasteiger partial charge on any atom is -0.461 e. The Labute approximate surface area is 232 Å². The highest BCUT2D eigenvalue weighted by molar-refractivity contribution is 6.05. The molecule has 0 saturated heterocycles. The first kappa shape index (κ1) is 29.6. The standard InChI is InChI=1S/C30H32N4O6/c31-28(34-30(38)40-21-23-10-5-2-6-11-23)24-13-15-25(16-14-24)29(37)33-18-7-12-26(35)32-19-17-27(36)39-20-22-8-3-1-4-9-22/h1-6,8-11,13-16H,7,12,17-21H2,(H,32,35)(H,33,37)(H2,31,34,38). The lowest BCUT2D eigenvalue weighted by Gasteiger charge is -2.09. The molecule has 0 aliphatic rings. The topological polar surface area (TPSA) is 147 Å². The average molecular weight is 545 g/mol. The van der Waals surface area contributed by atoms with Crippen molar-refractivity contribution in [1.29, 1.82) is 5.41 Å². The number of amidine groups is 1. The summed E-state index contributed by atoms with van der Waals surface area (Å²) in [6, 6.07) is 24.7. The van der Waals surface area contributed by atoms with Crippen molar-refractivity contribution < 1.29 is 28.7 Å². The summed E-state index contributed by atoms with van der Waals surface area (Å²) in [5.74, 6) is -1.09. The molecule has 40 heavy (non-hydrogen) atoms. The monoisotopic (exact) mass is 544 g/mol. The molecule has 0 aliphatic heterocycles. The van der Waals surface area contributed by atoms with Crippen molar-refractivity contribution in [3.05, 3.63) is 107 Å². The minimum atomic E-state index is -0.747. The van der Waals surface area contributed by atoms with Gasteiger partial charge in [0.1, 0.15) is 19.0 Å². The number of carbonyl (C=O) groups excluding carboxylic acids is 4. The molecule has 0 heterocycles. The maximum Gasteiger partial charge on any atom is 0.413 e. The fourth-order valence-corrected chi connectivity index (χ4v) is 3.48. The number of esters is 1. The second-order valence-corrected chi connectivity index (χ2v) is 8.74. The number of amides is 3. The van der Waals surface area contributed by atoms with Gasteiger partial charge in [-0.1, -0.05) is 72.8 Å². The van der Waals surface area contributed by atoms with Gasteiger partial charge in [0.2, 0.25) is 5.91 Å². The van der Waals surface area contributed by atoms with Crippen LogP contribution in [0.25, 0.3) is 0 Å². The molecule has 0 aliphatic carbocycles. The molecular formula is C30H32N4O6. The zero-order chi connectivity index (χ0) is 28.6. The van der Waals surface area contributed by atoms with Crippen LogP contribution in [0.5, 0.6) is 0 Å². The van der Waals surface area contributed by atoms with E-state index in [0.29, 0.717) is 17.5 Å². The van der Waals surface area contributed by atoms with Crippen molar-refractivity contribution in [1.82, 2.24) is 16.0 Å². The third-order valence-electron chi connectivity index (χ3n) is 5.64. The molecule has 3 rings (SSSR count). The summed E-state index contributed by atoms with van der Waals surface area (Å²) in [6.07, 6.45) is -0.0507. The molecule has 0 saturated carbocycles. The van der Waals surface area contributed by atoms with E-state index in [2.05, 4.69) is 16.0 Å². The van der Waals surface area contributed by atoms with Gasteiger partial charge in [-0.3, -0.25) is 25.1 Å². The van der Waals surface area contributed by atoms with Crippen molar-refractivity contribution in [3.8, 4) is 0 Å². The second kappa shape index (κ2) is 16.1. The van der Waals surface area contributed by atoms with Gasteiger partial charge in [-0.25, -0.2) is 4.79 Å². The first-order valence-corrected chi connectivity index (χ1v) is 12.8. The molecule has 0 radical (unpaired) electrons. The fourth-order valence-electron chi connectivity index (χ4n) is 3.48. The Morgan fingerprint density at radius 3 is 1.85 bits per heavy atom. The van der Waals surface area contributed by atoms with Crippen LogP contribution in [-0.4, -0.2) is 42.8 Å². The quantitative estimate of drug-likeness (QED) is 0.112. The van der Waals surface area contributed by atoms with E-state index in [4.69, 9.17) is 14.9 Å². The summed E-state index contributed by atoms with van der Waals surface area (Å²) in [5, 5.41) is 15.8. The molecule has 208 valence electrons. The van der Waals surface area contributed by atoms with Gasteiger partial charge in [-0.05, 0) is 29.7 Å². The van der Waals surface area contributed by atoms with Crippen LogP contribution in [0.15, 0.2) is 84.9 Å². The molecule has 0 bridgehead atoms. The number of carbonyl (C=O) groups is 4. The van der Waals surface area contributed by atoms with Crippen LogP contribution in [0.1, 0.15) is 46.3 Å². The second-order valence-electron chi connectivity index (χ2n) is 8.74. The minimum absolute atomic E-state index is 0.0765. The molecule has 3 amide bonds. The third-order valence-corrected chi connectivity index (χ3v) is 5.64. The smallest absolute Gasteiger partial charge is 0.413 e. The van der Waals surface area contributed by atoms with E-state index in [1.807, 2.05) is 60.7 Å². The van der Waals surface area contributed by atoms with Crippen LogP contribution in [0.3, 0.4) is 0 Å². The van der Waals surface area contributed by atoms with Gasteiger partial charge in [-0.15, -0.1) is 0 Å². The Morgan fingerprint density at radius 2 is 1.23 bits per heavy atom. The van der Waals surface area contributed by atoms with Gasteiger partial charge < -0.3 is 20.1 Å². The zero-order valence-electron chi connectivity index (χ0n) is 22.0. The number of alkyl carbamates (subject to hydrolysis) is 1. The molecule has 0 spiro atoms. The van der Waals surface area contributed by atoms with Gasteiger partial charge in [0.05, 0.1) is 6.42 Å². The largest absolute Gasteiger partial charge is 0.461 e. The molecule has 10 nitrogen and oxygen atoms in total. The number of ether oxygens (including phenoxy) is 2. The Kier molecular flexibility index (Phi) is 11.9. The highest BCUT2D eigenvalue weighted by Gasteiger charge is 2.11. The average Bonchev–Trinajstić information content (AvgIpc) is 2.98. The fraction of sp³-hybridized carbons (Fsp3) is 0.233. The summed E-state index contributed by atoms with van der Waals surface area (Å²) < 4.78 is 10.3. The van der Waals surface area contributed by atoms with E-state index < -0.39 is 12.1 Å². The number of hydrogen-bond acceptors (Lipinski definition) is 7. The molecule has 10 heteroatoms. The Balaban J connectivity index is 1.27. The number of benzene rings is 3. The molecule has 3 aromatic carbocycles. The van der Waals surface area contributed by atoms with Crippen molar-refractivity contribution in [2.45, 2.75) is 32.5 Å². The van der Waals surface area contributed by atoms with E-state index >= 15 is 0 Å². The van der Waals surface area contributed by atoms with Crippen LogP contribution in [-0.2, 0) is 32.3 Å². The van der Waals surface area contributed by atoms with Crippen molar-refractivity contribution >= 4 is 29.7 Å². The highest BCUT2D eigenvalue weighted by Crippen LogP contribution is 2.06. The van der Waals surface area contributed by atoms with Gasteiger partial charge >= 0.3 is 12.1 Å². The van der Waals surface area contributed by atoms with Crippen LogP contribution >= 0.6 is 0 Å². The summed E-state index contributed by atoms with van der Waals surface area (Å²) in [4.78, 5) is 48.1. The number of hydrogen-bond donors (Lipinski definition) is 4. The predicted molar refractivity (Wildman–Crippen MR) is 148 cm³/mol. The van der Waals surface area contributed by atoms with E-state index in [9.17, 15) is 19.2 Å². The zero-order valence-corrected chi connectivity index (χ0v) is 22.0. The Hall–Kier alpha value is -4.99. The molecule has 0 aromatic heterocycles. The van der Waals surface area contributed by atoms with Crippen molar-refractivity contribution in [2.24, 2.45) is 0 Å². The van der Waals surface area contributed by atoms with E-state index in [1.165, 1.54) is 0 Å². The molecule has 0 fully saturated rings. The molecule has 0 atom stereocenters. The van der Waals surface area contributed by atoms with E-state index in [1.54, 1.807) is 24.3 Å². The predicted octanol–water partition coefficient (Wildman–Crippen LogP) is 3.70. The third kappa shape index (κ3) is 10.8. The molecule has 0 unspecified atom stereocenters. The van der Waals surface area contributed by atoms with E-state index in [-0.39, 0.29) is 56.8 Å². The maximum atomic E-state index is 12.4. The first-order chi connectivity index (χ1) is 19.4.